The number of rotatable bonds is 5. The van der Waals surface area contributed by atoms with Gasteiger partial charge in [0, 0.05) is 18.4 Å². The number of nitrogens with zero attached hydrogens (tertiary/aromatic N) is 3. The molecule has 1 fully saturated rings. The van der Waals surface area contributed by atoms with Crippen molar-refractivity contribution < 1.29 is 9.84 Å². The Morgan fingerprint density at radius 1 is 1.26 bits per heavy atom. The van der Waals surface area contributed by atoms with Gasteiger partial charge in [0.05, 0.1) is 13.7 Å². The van der Waals surface area contributed by atoms with Crippen molar-refractivity contribution in [2.45, 2.75) is 38.0 Å². The van der Waals surface area contributed by atoms with Crippen LogP contribution in [-0.4, -0.2) is 39.7 Å². The van der Waals surface area contributed by atoms with Gasteiger partial charge in [-0.2, -0.15) is 0 Å². The van der Waals surface area contributed by atoms with Crippen LogP contribution in [0.5, 0.6) is 5.75 Å². The molecule has 5 nitrogen and oxygen atoms in total. The van der Waals surface area contributed by atoms with E-state index in [1.54, 1.807) is 19.5 Å². The van der Waals surface area contributed by atoms with Gasteiger partial charge < -0.3 is 9.84 Å². The minimum absolute atomic E-state index is 0.0553. The molecular weight excluding hydrogens is 290 g/mol. The third kappa shape index (κ3) is 3.35. The molecular formula is C18H23N3O2. The fourth-order valence-electron chi connectivity index (χ4n) is 3.37. The van der Waals surface area contributed by atoms with E-state index in [0.717, 1.165) is 36.5 Å². The van der Waals surface area contributed by atoms with Crippen LogP contribution in [0.2, 0.25) is 0 Å². The number of ether oxygens (including phenoxy) is 1. The Kier molecular flexibility index (Phi) is 4.59. The maximum atomic E-state index is 11.2. The third-order valence-corrected chi connectivity index (χ3v) is 4.65. The van der Waals surface area contributed by atoms with Crippen LogP contribution in [0.15, 0.2) is 42.7 Å². The van der Waals surface area contributed by atoms with Crippen molar-refractivity contribution in [2.24, 2.45) is 0 Å². The standard InChI is InChI=1S/C18H23N3O2/c1-18(22,14-6-8-15(23-2)9-7-14)16-5-3-12-21(16)13-17-19-10-4-11-20-17/h4,6-11,16,22H,3,5,12-13H2,1-2H3. The average molecular weight is 313 g/mol. The van der Waals surface area contributed by atoms with Crippen molar-refractivity contribution >= 4 is 0 Å². The Morgan fingerprint density at radius 2 is 1.96 bits per heavy atom. The lowest BCUT2D eigenvalue weighted by Crippen LogP contribution is -2.45. The second kappa shape index (κ2) is 6.64. The summed E-state index contributed by atoms with van der Waals surface area (Å²) in [5, 5.41) is 11.2. The predicted molar refractivity (Wildman–Crippen MR) is 88.0 cm³/mol. The van der Waals surface area contributed by atoms with E-state index >= 15 is 0 Å². The van der Waals surface area contributed by atoms with E-state index in [9.17, 15) is 5.11 Å². The van der Waals surface area contributed by atoms with E-state index in [-0.39, 0.29) is 6.04 Å². The van der Waals surface area contributed by atoms with E-state index < -0.39 is 5.60 Å². The highest BCUT2D eigenvalue weighted by Crippen LogP contribution is 2.35. The number of benzene rings is 1. The van der Waals surface area contributed by atoms with Crippen molar-refractivity contribution in [1.29, 1.82) is 0 Å². The summed E-state index contributed by atoms with van der Waals surface area (Å²) in [6.45, 7) is 3.51. The monoisotopic (exact) mass is 313 g/mol. The largest absolute Gasteiger partial charge is 0.497 e. The van der Waals surface area contributed by atoms with Gasteiger partial charge in [-0.1, -0.05) is 12.1 Å². The molecule has 0 saturated carbocycles. The van der Waals surface area contributed by atoms with Gasteiger partial charge in [0.1, 0.15) is 17.2 Å². The Hall–Kier alpha value is -1.98. The molecule has 23 heavy (non-hydrogen) atoms. The predicted octanol–water partition coefficient (Wildman–Crippen LogP) is 2.36. The van der Waals surface area contributed by atoms with Crippen molar-refractivity contribution in [3.05, 3.63) is 54.1 Å². The summed E-state index contributed by atoms with van der Waals surface area (Å²) in [5.41, 5.74) is -0.0124. The normalized spacial score (nSPS) is 21.1. The van der Waals surface area contributed by atoms with E-state index in [1.807, 2.05) is 37.3 Å². The minimum atomic E-state index is -0.919. The summed E-state index contributed by atoms with van der Waals surface area (Å²) in [5.74, 6) is 1.59. The number of methoxy groups -OCH3 is 1. The second-order valence-electron chi connectivity index (χ2n) is 6.17. The first-order valence-electron chi connectivity index (χ1n) is 7.98. The van der Waals surface area contributed by atoms with Gasteiger partial charge in [-0.25, -0.2) is 9.97 Å². The fourth-order valence-corrected chi connectivity index (χ4v) is 3.37. The summed E-state index contributed by atoms with van der Waals surface area (Å²) >= 11 is 0. The SMILES string of the molecule is COc1ccc(C(C)(O)C2CCCN2Cc2ncccn2)cc1. The first-order valence-corrected chi connectivity index (χ1v) is 7.98. The topological polar surface area (TPSA) is 58.5 Å². The van der Waals surface area contributed by atoms with Gasteiger partial charge >= 0.3 is 0 Å². The first kappa shape index (κ1) is 15.9. The molecule has 1 aliphatic rings. The molecule has 0 radical (unpaired) electrons. The van der Waals surface area contributed by atoms with Crippen molar-refractivity contribution in [1.82, 2.24) is 14.9 Å². The molecule has 2 unspecified atom stereocenters. The molecule has 1 aromatic heterocycles. The Bertz CT molecular complexity index is 628. The summed E-state index contributed by atoms with van der Waals surface area (Å²) in [4.78, 5) is 10.9. The van der Waals surface area contributed by atoms with E-state index in [0.29, 0.717) is 6.54 Å². The minimum Gasteiger partial charge on any atom is -0.497 e. The highest BCUT2D eigenvalue weighted by atomic mass is 16.5. The summed E-state index contributed by atoms with van der Waals surface area (Å²) in [6, 6.07) is 9.54. The van der Waals surface area contributed by atoms with Gasteiger partial charge in [0.15, 0.2) is 0 Å². The van der Waals surface area contributed by atoms with Crippen LogP contribution in [0.25, 0.3) is 0 Å². The maximum absolute atomic E-state index is 11.2. The Balaban J connectivity index is 1.79. The van der Waals surface area contributed by atoms with E-state index in [4.69, 9.17) is 4.74 Å². The molecule has 5 heteroatoms. The van der Waals surface area contributed by atoms with Gasteiger partial charge in [0.2, 0.25) is 0 Å². The molecule has 0 amide bonds. The molecule has 3 rings (SSSR count). The van der Waals surface area contributed by atoms with Crippen LogP contribution >= 0.6 is 0 Å². The first-order chi connectivity index (χ1) is 11.1. The van der Waals surface area contributed by atoms with Gasteiger partial charge in [-0.3, -0.25) is 4.90 Å². The number of aliphatic hydroxyl groups is 1. The van der Waals surface area contributed by atoms with Gasteiger partial charge in [-0.05, 0) is 50.1 Å². The van der Waals surface area contributed by atoms with Crippen LogP contribution < -0.4 is 4.74 Å². The molecule has 1 N–H and O–H groups in total. The molecule has 0 aliphatic carbocycles. The van der Waals surface area contributed by atoms with E-state index in [2.05, 4.69) is 14.9 Å². The quantitative estimate of drug-likeness (QED) is 0.918. The third-order valence-electron chi connectivity index (χ3n) is 4.65. The van der Waals surface area contributed by atoms with E-state index in [1.165, 1.54) is 0 Å². The average Bonchev–Trinajstić information content (AvgIpc) is 3.05. The van der Waals surface area contributed by atoms with Gasteiger partial charge in [-0.15, -0.1) is 0 Å². The van der Waals surface area contributed by atoms with Crippen molar-refractivity contribution in [3.63, 3.8) is 0 Å². The number of hydrogen-bond acceptors (Lipinski definition) is 5. The van der Waals surface area contributed by atoms with Crippen LogP contribution in [0.4, 0.5) is 0 Å². The number of likely N-dealkylation sites (tertiary alicyclic amines) is 1. The lowest BCUT2D eigenvalue weighted by molar-refractivity contribution is -0.0261. The highest BCUT2D eigenvalue weighted by Gasteiger charge is 2.40. The Labute approximate surface area is 137 Å². The van der Waals surface area contributed by atoms with Gasteiger partial charge in [0.25, 0.3) is 0 Å². The molecule has 0 spiro atoms. The summed E-state index contributed by atoms with van der Waals surface area (Å²) in [6.07, 6.45) is 5.56. The highest BCUT2D eigenvalue weighted by molar-refractivity contribution is 5.31. The molecule has 2 atom stereocenters. The van der Waals surface area contributed by atoms with Crippen LogP contribution in [0, 0.1) is 0 Å². The zero-order valence-electron chi connectivity index (χ0n) is 13.6. The lowest BCUT2D eigenvalue weighted by Gasteiger charge is -2.36. The zero-order valence-corrected chi connectivity index (χ0v) is 13.6. The zero-order chi connectivity index (χ0) is 16.3. The fraction of sp³-hybridized carbons (Fsp3) is 0.444. The molecule has 2 aromatic rings. The number of aromatic nitrogens is 2. The molecule has 0 bridgehead atoms. The number of hydrogen-bond donors (Lipinski definition) is 1. The molecule has 1 saturated heterocycles. The van der Waals surface area contributed by atoms with Crippen molar-refractivity contribution in [2.75, 3.05) is 13.7 Å². The van der Waals surface area contributed by atoms with Crippen molar-refractivity contribution in [3.8, 4) is 5.75 Å². The molecule has 2 heterocycles. The maximum Gasteiger partial charge on any atom is 0.142 e. The van der Waals surface area contributed by atoms with Crippen LogP contribution in [0.1, 0.15) is 31.2 Å². The second-order valence-corrected chi connectivity index (χ2v) is 6.17. The molecule has 1 aliphatic heterocycles. The molecule has 1 aromatic carbocycles. The van der Waals surface area contributed by atoms with Crippen LogP contribution in [0.3, 0.4) is 0 Å². The smallest absolute Gasteiger partial charge is 0.142 e. The summed E-state index contributed by atoms with van der Waals surface area (Å²) < 4.78 is 5.20. The van der Waals surface area contributed by atoms with Crippen LogP contribution in [-0.2, 0) is 12.1 Å². The summed E-state index contributed by atoms with van der Waals surface area (Å²) in [7, 11) is 1.64. The molecule has 122 valence electrons. The Morgan fingerprint density at radius 3 is 2.61 bits per heavy atom. The lowest BCUT2D eigenvalue weighted by atomic mass is 9.86.